The van der Waals surface area contributed by atoms with Gasteiger partial charge in [-0.1, -0.05) is 13.8 Å². The fraction of sp³-hybridized carbons (Fsp3) is 0.722. The van der Waals surface area contributed by atoms with Crippen LogP contribution in [0.2, 0.25) is 0 Å². The summed E-state index contributed by atoms with van der Waals surface area (Å²) in [5.74, 6) is 1.90. The highest BCUT2D eigenvalue weighted by atomic mass is 16.3. The molecule has 1 saturated heterocycles. The van der Waals surface area contributed by atoms with Gasteiger partial charge in [-0.05, 0) is 32.6 Å². The molecule has 0 radical (unpaired) electrons. The van der Waals surface area contributed by atoms with Crippen molar-refractivity contribution in [3.8, 4) is 0 Å². The van der Waals surface area contributed by atoms with E-state index >= 15 is 0 Å². The second-order valence-corrected chi connectivity index (χ2v) is 7.15. The van der Waals surface area contributed by atoms with Crippen molar-refractivity contribution in [3.63, 3.8) is 0 Å². The molecule has 1 amide bonds. The van der Waals surface area contributed by atoms with Crippen molar-refractivity contribution in [2.75, 3.05) is 25.0 Å². The number of hydrogen-bond acceptors (Lipinski definition) is 5. The molecule has 1 aliphatic rings. The summed E-state index contributed by atoms with van der Waals surface area (Å²) in [6.45, 7) is 9.52. The Balaban J connectivity index is 1.91. The first kappa shape index (κ1) is 18.6. The third-order valence-corrected chi connectivity index (χ3v) is 4.84. The molecule has 1 unspecified atom stereocenters. The van der Waals surface area contributed by atoms with Gasteiger partial charge in [-0.2, -0.15) is 0 Å². The molecule has 1 aromatic heterocycles. The van der Waals surface area contributed by atoms with Crippen LogP contribution in [0, 0.1) is 19.8 Å². The van der Waals surface area contributed by atoms with Gasteiger partial charge < -0.3 is 14.9 Å². The van der Waals surface area contributed by atoms with Gasteiger partial charge in [0.2, 0.25) is 5.91 Å². The molecule has 2 heterocycles. The molecular weight excluding hydrogens is 304 g/mol. The van der Waals surface area contributed by atoms with Crippen LogP contribution in [-0.4, -0.2) is 58.2 Å². The summed E-state index contributed by atoms with van der Waals surface area (Å²) in [5, 5.41) is 9.92. The number of piperidine rings is 1. The van der Waals surface area contributed by atoms with Gasteiger partial charge >= 0.3 is 0 Å². The number of rotatable bonds is 5. The third kappa shape index (κ3) is 4.66. The number of carbonyl (C=O) groups is 1. The zero-order valence-electron chi connectivity index (χ0n) is 15.5. The first-order valence-corrected chi connectivity index (χ1v) is 8.79. The maximum absolute atomic E-state index is 12.3. The fourth-order valence-corrected chi connectivity index (χ4v) is 3.10. The van der Waals surface area contributed by atoms with Crippen LogP contribution in [0.1, 0.15) is 44.6 Å². The van der Waals surface area contributed by atoms with Crippen LogP contribution in [-0.2, 0) is 4.79 Å². The molecule has 1 aliphatic heterocycles. The second-order valence-electron chi connectivity index (χ2n) is 7.15. The van der Waals surface area contributed by atoms with Gasteiger partial charge in [0, 0.05) is 37.9 Å². The van der Waals surface area contributed by atoms with E-state index in [9.17, 15) is 9.90 Å². The number of nitrogens with zero attached hydrogens (tertiary/aromatic N) is 4. The Morgan fingerprint density at radius 3 is 2.50 bits per heavy atom. The van der Waals surface area contributed by atoms with E-state index in [0.29, 0.717) is 0 Å². The zero-order valence-corrected chi connectivity index (χ0v) is 15.5. The summed E-state index contributed by atoms with van der Waals surface area (Å²) >= 11 is 0. The topological polar surface area (TPSA) is 69.6 Å². The minimum Gasteiger partial charge on any atom is -0.392 e. The molecule has 0 saturated carbocycles. The molecule has 1 N–H and O–H groups in total. The molecule has 2 rings (SSSR count). The summed E-state index contributed by atoms with van der Waals surface area (Å²) < 4.78 is 0. The molecule has 1 aromatic rings. The predicted octanol–water partition coefficient (Wildman–Crippen LogP) is 1.93. The number of anilines is 1. The first-order valence-electron chi connectivity index (χ1n) is 8.79. The Labute approximate surface area is 144 Å². The van der Waals surface area contributed by atoms with E-state index in [1.807, 2.05) is 45.7 Å². The maximum Gasteiger partial charge on any atom is 0.225 e. The Bertz CT molecular complexity index is 548. The summed E-state index contributed by atoms with van der Waals surface area (Å²) in [4.78, 5) is 25.3. The highest BCUT2D eigenvalue weighted by molar-refractivity contribution is 5.76. The minimum absolute atomic E-state index is 0.0309. The van der Waals surface area contributed by atoms with E-state index in [2.05, 4.69) is 14.9 Å². The molecule has 6 heteroatoms. The van der Waals surface area contributed by atoms with Gasteiger partial charge in [0.15, 0.2) is 0 Å². The summed E-state index contributed by atoms with van der Waals surface area (Å²) in [7, 11) is 1.86. The monoisotopic (exact) mass is 334 g/mol. The third-order valence-electron chi connectivity index (χ3n) is 4.84. The van der Waals surface area contributed by atoms with E-state index < -0.39 is 6.10 Å². The van der Waals surface area contributed by atoms with E-state index in [1.165, 1.54) is 0 Å². The molecule has 6 nitrogen and oxygen atoms in total. The van der Waals surface area contributed by atoms with E-state index in [1.54, 1.807) is 0 Å². The predicted molar refractivity (Wildman–Crippen MR) is 95.0 cm³/mol. The largest absolute Gasteiger partial charge is 0.392 e. The smallest absolute Gasteiger partial charge is 0.225 e. The highest BCUT2D eigenvalue weighted by Crippen LogP contribution is 2.22. The van der Waals surface area contributed by atoms with E-state index in [0.717, 1.165) is 43.3 Å². The van der Waals surface area contributed by atoms with Crippen molar-refractivity contribution in [1.82, 2.24) is 14.9 Å². The standard InChI is InChI=1S/C18H30N4O2/c1-12(2)16(23)11-18(24)21(5)15-6-8-22(9-7-15)17-10-13(3)19-14(4)20-17/h10,12,15-16,23H,6-9,11H2,1-5H3. The molecular formula is C18H30N4O2. The lowest BCUT2D eigenvalue weighted by molar-refractivity contribution is -0.135. The Morgan fingerprint density at radius 1 is 1.33 bits per heavy atom. The van der Waals surface area contributed by atoms with Crippen molar-refractivity contribution in [1.29, 1.82) is 0 Å². The summed E-state index contributed by atoms with van der Waals surface area (Å²) in [6, 6.07) is 2.25. The molecule has 0 spiro atoms. The van der Waals surface area contributed by atoms with Crippen LogP contribution in [0.3, 0.4) is 0 Å². The molecule has 1 fully saturated rings. The SMILES string of the molecule is Cc1cc(N2CCC(N(C)C(=O)CC(O)C(C)C)CC2)nc(C)n1. The summed E-state index contributed by atoms with van der Waals surface area (Å²) in [5.41, 5.74) is 0.981. The molecule has 1 atom stereocenters. The number of hydrogen-bond donors (Lipinski definition) is 1. The van der Waals surface area contributed by atoms with Crippen LogP contribution in [0.5, 0.6) is 0 Å². The minimum atomic E-state index is -0.563. The fourth-order valence-electron chi connectivity index (χ4n) is 3.10. The van der Waals surface area contributed by atoms with Gasteiger partial charge in [-0.3, -0.25) is 4.79 Å². The van der Waals surface area contributed by atoms with Gasteiger partial charge in [-0.25, -0.2) is 9.97 Å². The van der Waals surface area contributed by atoms with Crippen LogP contribution in [0.15, 0.2) is 6.07 Å². The van der Waals surface area contributed by atoms with Gasteiger partial charge in [0.05, 0.1) is 12.5 Å². The van der Waals surface area contributed by atoms with Crippen LogP contribution < -0.4 is 4.90 Å². The van der Waals surface area contributed by atoms with Gasteiger partial charge in [-0.15, -0.1) is 0 Å². The van der Waals surface area contributed by atoms with Crippen LogP contribution in [0.25, 0.3) is 0 Å². The molecule has 24 heavy (non-hydrogen) atoms. The van der Waals surface area contributed by atoms with Crippen LogP contribution >= 0.6 is 0 Å². The Hall–Kier alpha value is -1.69. The molecule has 0 bridgehead atoms. The highest BCUT2D eigenvalue weighted by Gasteiger charge is 2.27. The average Bonchev–Trinajstić information content (AvgIpc) is 2.53. The Morgan fingerprint density at radius 2 is 1.96 bits per heavy atom. The number of aryl methyl sites for hydroxylation is 2. The van der Waals surface area contributed by atoms with E-state index in [-0.39, 0.29) is 24.3 Å². The normalized spacial score (nSPS) is 17.2. The number of amides is 1. The quantitative estimate of drug-likeness (QED) is 0.891. The van der Waals surface area contributed by atoms with Crippen molar-refractivity contribution in [2.45, 2.75) is 59.1 Å². The van der Waals surface area contributed by atoms with Gasteiger partial charge in [0.25, 0.3) is 0 Å². The number of carbonyl (C=O) groups excluding carboxylic acids is 1. The molecule has 0 aromatic carbocycles. The second kappa shape index (κ2) is 7.92. The summed E-state index contributed by atoms with van der Waals surface area (Å²) in [6.07, 6.45) is 1.48. The lowest BCUT2D eigenvalue weighted by atomic mass is 10.0. The van der Waals surface area contributed by atoms with Gasteiger partial charge in [0.1, 0.15) is 11.6 Å². The molecule has 134 valence electrons. The van der Waals surface area contributed by atoms with Crippen molar-refractivity contribution in [3.05, 3.63) is 17.6 Å². The van der Waals surface area contributed by atoms with E-state index in [4.69, 9.17) is 0 Å². The Kier molecular flexibility index (Phi) is 6.15. The number of aliphatic hydroxyl groups is 1. The maximum atomic E-state index is 12.3. The number of aliphatic hydroxyl groups excluding tert-OH is 1. The number of aromatic nitrogens is 2. The van der Waals surface area contributed by atoms with Crippen molar-refractivity contribution < 1.29 is 9.90 Å². The lowest BCUT2D eigenvalue weighted by Gasteiger charge is -2.37. The lowest BCUT2D eigenvalue weighted by Crippen LogP contribution is -2.46. The average molecular weight is 334 g/mol. The first-order chi connectivity index (χ1) is 11.3. The van der Waals surface area contributed by atoms with Crippen molar-refractivity contribution in [2.24, 2.45) is 5.92 Å². The van der Waals surface area contributed by atoms with Crippen LogP contribution in [0.4, 0.5) is 5.82 Å². The molecule has 0 aliphatic carbocycles. The zero-order chi connectivity index (χ0) is 17.9. The van der Waals surface area contributed by atoms with Crippen molar-refractivity contribution >= 4 is 11.7 Å².